The van der Waals surface area contributed by atoms with Crippen molar-refractivity contribution in [2.24, 2.45) is 0 Å². The van der Waals surface area contributed by atoms with Crippen molar-refractivity contribution in [1.29, 1.82) is 0 Å². The lowest BCUT2D eigenvalue weighted by Gasteiger charge is -2.23. The Kier molecular flexibility index (Phi) is 14.7. The molecule has 0 spiro atoms. The summed E-state index contributed by atoms with van der Waals surface area (Å²) in [5, 5.41) is 7.56. The molecule has 0 saturated carbocycles. The Morgan fingerprint density at radius 2 is 1.15 bits per heavy atom. The van der Waals surface area contributed by atoms with Crippen molar-refractivity contribution in [3.05, 3.63) is 128 Å². The van der Waals surface area contributed by atoms with Crippen LogP contribution in [0.2, 0.25) is 0 Å². The predicted molar refractivity (Wildman–Crippen MR) is 205 cm³/mol. The van der Waals surface area contributed by atoms with Crippen molar-refractivity contribution < 1.29 is 66.0 Å². The number of aromatic nitrogens is 2. The number of nitrogens with one attached hydrogen (secondary N) is 1. The Bertz CT molecular complexity index is 2540. The zero-order valence-corrected chi connectivity index (χ0v) is 34.8. The van der Waals surface area contributed by atoms with E-state index in [1.165, 1.54) is 29.6 Å². The number of Topliss-reactive ketones (excluding diaryl/α,β-unsaturated/α-hetero) is 1. The van der Waals surface area contributed by atoms with Crippen molar-refractivity contribution in [3.63, 3.8) is 0 Å². The summed E-state index contributed by atoms with van der Waals surface area (Å²) in [7, 11) is -7.51. The van der Waals surface area contributed by atoms with Gasteiger partial charge in [0.05, 0.1) is 43.5 Å². The van der Waals surface area contributed by atoms with Crippen LogP contribution in [0.1, 0.15) is 27.4 Å². The number of hydrogen-bond donors (Lipinski definition) is 1. The Morgan fingerprint density at radius 3 is 1.54 bits per heavy atom. The van der Waals surface area contributed by atoms with Gasteiger partial charge in [-0.2, -0.15) is 26.3 Å². The Morgan fingerprint density at radius 1 is 0.695 bits per heavy atom. The first-order valence-corrected chi connectivity index (χ1v) is 21.3. The third kappa shape index (κ3) is 13.0. The minimum absolute atomic E-state index is 0.0117. The second kappa shape index (κ2) is 18.5. The van der Waals surface area contributed by atoms with E-state index in [1.807, 2.05) is 0 Å². The van der Waals surface area contributed by atoms with Gasteiger partial charge in [-0.1, -0.05) is 50.1 Å². The molecule has 59 heavy (non-hydrogen) atoms. The fourth-order valence-electron chi connectivity index (χ4n) is 4.80. The number of amides is 1. The van der Waals surface area contributed by atoms with E-state index in [0.717, 1.165) is 49.9 Å². The lowest BCUT2D eigenvalue weighted by atomic mass is 10.1. The second-order valence-electron chi connectivity index (χ2n) is 12.1. The number of carbonyl (C=O) groups excluding carboxylic acids is 2. The predicted octanol–water partition coefficient (Wildman–Crippen LogP) is 8.04. The first-order valence-electron chi connectivity index (χ1n) is 16.1. The zero-order valence-electron chi connectivity index (χ0n) is 29.9. The van der Waals surface area contributed by atoms with Crippen molar-refractivity contribution in [1.82, 2.24) is 15.5 Å². The van der Waals surface area contributed by atoms with Gasteiger partial charge in [0, 0.05) is 31.2 Å². The van der Waals surface area contributed by atoms with Gasteiger partial charge in [-0.3, -0.25) is 18.2 Å². The number of ketones is 1. The molecule has 0 atom stereocenters. The molecule has 1 amide bonds. The number of rotatable bonds is 12. The topological polar surface area (TPSA) is 160 Å². The number of halogens is 10. The lowest BCUT2D eigenvalue weighted by Crippen LogP contribution is -2.39. The average Bonchev–Trinajstić information content (AvgIpc) is 3.64. The summed E-state index contributed by atoms with van der Waals surface area (Å²) in [6, 6.07) is 19.1. The number of anilines is 2. The van der Waals surface area contributed by atoms with E-state index in [0.29, 0.717) is 10.2 Å². The molecule has 0 aliphatic heterocycles. The highest BCUT2D eigenvalue weighted by molar-refractivity contribution is 9.10. The van der Waals surface area contributed by atoms with Crippen LogP contribution in [-0.4, -0.2) is 64.0 Å². The summed E-state index contributed by atoms with van der Waals surface area (Å²) < 4.78 is 160. The van der Waals surface area contributed by atoms with Gasteiger partial charge in [0.2, 0.25) is 25.9 Å². The molecule has 316 valence electrons. The molecule has 5 rings (SSSR count). The van der Waals surface area contributed by atoms with Gasteiger partial charge in [-0.05, 0) is 66.7 Å². The molecule has 12 nitrogen and oxygen atoms in total. The maximum Gasteiger partial charge on any atom is 0.471 e. The standard InChI is InChI=1S/C18H15BrF4N2O4S.C17H12BrF4N3O3S/c1-30(28,29)25(14-6-4-13(19)5-7-14)10-12-3-2-11(8-15(12)20)16(26)9-24-17(27)18(21,22)23;1-29(26,27)25(13-6-4-12(18)5-7-13)9-11-3-2-10(8-14(11)19)15-23-24-16(28-15)17(20,21)22/h2-8H,9-10H2,1H3,(H,24,27);2-8H,9H2,1H3. The normalized spacial score (nSPS) is 12.0. The van der Waals surface area contributed by atoms with Crippen molar-refractivity contribution in [2.75, 3.05) is 27.7 Å². The van der Waals surface area contributed by atoms with Crippen LogP contribution in [0.5, 0.6) is 0 Å². The summed E-state index contributed by atoms with van der Waals surface area (Å²) in [5.74, 6) is -7.03. The van der Waals surface area contributed by atoms with Crippen LogP contribution in [0, 0.1) is 11.6 Å². The molecule has 5 aromatic rings. The molecule has 0 unspecified atom stereocenters. The van der Waals surface area contributed by atoms with E-state index in [2.05, 4.69) is 46.5 Å². The van der Waals surface area contributed by atoms with Crippen LogP contribution in [0.15, 0.2) is 98.3 Å². The minimum Gasteiger partial charge on any atom is -0.413 e. The van der Waals surface area contributed by atoms with Crippen LogP contribution in [0.3, 0.4) is 0 Å². The smallest absolute Gasteiger partial charge is 0.413 e. The zero-order chi connectivity index (χ0) is 44.1. The van der Waals surface area contributed by atoms with Crippen LogP contribution >= 0.6 is 31.9 Å². The Labute approximate surface area is 347 Å². The molecule has 24 heteroatoms. The van der Waals surface area contributed by atoms with Crippen molar-refractivity contribution in [2.45, 2.75) is 25.4 Å². The maximum atomic E-state index is 14.6. The highest BCUT2D eigenvalue weighted by Crippen LogP contribution is 2.32. The van der Waals surface area contributed by atoms with E-state index in [1.54, 1.807) is 36.4 Å². The number of alkyl halides is 6. The van der Waals surface area contributed by atoms with Gasteiger partial charge in [0.15, 0.2) is 5.78 Å². The Hall–Kier alpha value is -4.94. The summed E-state index contributed by atoms with van der Waals surface area (Å²) >= 11 is 6.48. The first-order chi connectivity index (χ1) is 27.2. The summed E-state index contributed by atoms with van der Waals surface area (Å²) in [6.45, 7) is -1.65. The van der Waals surface area contributed by atoms with Crippen molar-refractivity contribution >= 4 is 75.0 Å². The van der Waals surface area contributed by atoms with E-state index < -0.39 is 74.1 Å². The lowest BCUT2D eigenvalue weighted by molar-refractivity contribution is -0.173. The molecule has 1 N–H and O–H groups in total. The second-order valence-corrected chi connectivity index (χ2v) is 17.8. The molecule has 0 aliphatic rings. The van der Waals surface area contributed by atoms with E-state index in [4.69, 9.17) is 0 Å². The molecule has 0 fully saturated rings. The van der Waals surface area contributed by atoms with Crippen LogP contribution in [0.4, 0.5) is 46.5 Å². The molecular formula is C35H27Br2F8N5O7S2. The molecular weight excluding hydrogens is 978 g/mol. The summed E-state index contributed by atoms with van der Waals surface area (Å²) in [4.78, 5) is 22.7. The molecule has 0 radical (unpaired) electrons. The fraction of sp³-hybridized carbons (Fsp3) is 0.200. The molecule has 1 aromatic heterocycles. The number of nitrogens with zero attached hydrogens (tertiary/aromatic N) is 4. The minimum atomic E-state index is -5.14. The van der Waals surface area contributed by atoms with Gasteiger partial charge in [-0.25, -0.2) is 25.6 Å². The first kappa shape index (κ1) is 46.7. The van der Waals surface area contributed by atoms with Crippen LogP contribution in [-0.2, 0) is 44.1 Å². The van der Waals surface area contributed by atoms with Crippen molar-refractivity contribution in [3.8, 4) is 11.5 Å². The quantitative estimate of drug-likeness (QED) is 0.0965. The average molecular weight is 1010 g/mol. The van der Waals surface area contributed by atoms with Gasteiger partial charge in [0.1, 0.15) is 11.6 Å². The Balaban J connectivity index is 0.000000261. The highest BCUT2D eigenvalue weighted by atomic mass is 79.9. The van der Waals surface area contributed by atoms with E-state index >= 15 is 0 Å². The van der Waals surface area contributed by atoms with E-state index in [9.17, 15) is 61.5 Å². The SMILES string of the molecule is CS(=O)(=O)N(Cc1ccc(-c2nnc(C(F)(F)F)o2)cc1F)c1ccc(Br)cc1.CS(=O)(=O)N(Cc1ccc(C(=O)CNC(=O)C(F)(F)F)cc1F)c1ccc(Br)cc1. The van der Waals surface area contributed by atoms with Gasteiger partial charge < -0.3 is 9.73 Å². The molecule has 4 aromatic carbocycles. The maximum absolute atomic E-state index is 14.6. The van der Waals surface area contributed by atoms with E-state index in [-0.39, 0.29) is 41.0 Å². The van der Waals surface area contributed by atoms with Crippen LogP contribution in [0.25, 0.3) is 11.5 Å². The summed E-state index contributed by atoms with van der Waals surface area (Å²) in [6.07, 6.45) is -8.02. The number of benzene rings is 4. The molecule has 1 heterocycles. The highest BCUT2D eigenvalue weighted by Gasteiger charge is 2.39. The van der Waals surface area contributed by atoms with Gasteiger partial charge in [-0.15, -0.1) is 10.2 Å². The van der Waals surface area contributed by atoms with Gasteiger partial charge in [0.25, 0.3) is 0 Å². The fourth-order valence-corrected chi connectivity index (χ4v) is 7.08. The largest absolute Gasteiger partial charge is 0.471 e. The third-order valence-electron chi connectivity index (χ3n) is 7.67. The number of hydrogen-bond acceptors (Lipinski definition) is 9. The monoisotopic (exact) mass is 1000 g/mol. The van der Waals surface area contributed by atoms with Gasteiger partial charge >= 0.3 is 24.2 Å². The number of carbonyl (C=O) groups is 2. The number of sulfonamides is 2. The molecule has 0 aliphatic carbocycles. The summed E-state index contributed by atoms with van der Waals surface area (Å²) in [5.41, 5.74) is 0.231. The third-order valence-corrected chi connectivity index (χ3v) is 11.0. The van der Waals surface area contributed by atoms with Crippen LogP contribution < -0.4 is 13.9 Å². The molecule has 0 saturated heterocycles. The molecule has 0 bridgehead atoms.